The number of halogens is 4. The third-order valence-electron chi connectivity index (χ3n) is 7.67. The van der Waals surface area contributed by atoms with E-state index in [4.69, 9.17) is 9.72 Å². The van der Waals surface area contributed by atoms with Crippen LogP contribution in [0.5, 0.6) is 0 Å². The van der Waals surface area contributed by atoms with E-state index >= 15 is 0 Å². The standard InChI is InChI=1S/C27H31F4N9O/c1-15-14-41-11-10-38(15)22-13-20(23-16(2)37-40(24(23)27(29,30)31)18-6-8-33-9-7-18)35-26(36-22)39-21-12-17(28)4-5-19(21)34-25(39)32-3/h4-5,12-13,15,18,33H,6-11,14H2,1-3H3,(H,32,34)/t15-/m1/s1. The van der Waals surface area contributed by atoms with E-state index < -0.39 is 23.7 Å². The lowest BCUT2D eigenvalue weighted by Gasteiger charge is -2.34. The number of imidazole rings is 1. The molecule has 218 valence electrons. The lowest BCUT2D eigenvalue weighted by molar-refractivity contribution is -0.144. The number of benzene rings is 1. The summed E-state index contributed by atoms with van der Waals surface area (Å²) in [6.07, 6.45) is -3.61. The highest BCUT2D eigenvalue weighted by Crippen LogP contribution is 2.42. The van der Waals surface area contributed by atoms with E-state index in [1.165, 1.54) is 22.8 Å². The monoisotopic (exact) mass is 573 g/mol. The van der Waals surface area contributed by atoms with E-state index in [1.54, 1.807) is 20.0 Å². The van der Waals surface area contributed by atoms with Crippen LogP contribution in [0.3, 0.4) is 0 Å². The molecule has 2 saturated heterocycles. The molecule has 41 heavy (non-hydrogen) atoms. The molecule has 2 aliphatic heterocycles. The fourth-order valence-corrected chi connectivity index (χ4v) is 5.72. The SMILES string of the molecule is CNc1nc2ccc(F)cc2n1-c1nc(-c2c(C)nn(C3CCNCC3)c2C(F)(F)F)cc(N2CCOC[C@H]2C)n1. The molecule has 0 amide bonds. The maximum absolute atomic E-state index is 14.8. The Bertz CT molecular complexity index is 1580. The van der Waals surface area contributed by atoms with E-state index in [2.05, 4.69) is 25.7 Å². The van der Waals surface area contributed by atoms with Gasteiger partial charge >= 0.3 is 6.18 Å². The molecule has 6 rings (SSSR count). The zero-order chi connectivity index (χ0) is 28.9. The summed E-state index contributed by atoms with van der Waals surface area (Å²) >= 11 is 0. The molecule has 3 aromatic heterocycles. The van der Waals surface area contributed by atoms with Crippen molar-refractivity contribution in [3.05, 3.63) is 41.5 Å². The van der Waals surface area contributed by atoms with Crippen molar-refractivity contribution in [2.75, 3.05) is 50.1 Å². The number of aromatic nitrogens is 6. The number of morpholine rings is 1. The molecular weight excluding hydrogens is 542 g/mol. The van der Waals surface area contributed by atoms with E-state index in [-0.39, 0.29) is 28.9 Å². The Morgan fingerprint density at radius 2 is 1.88 bits per heavy atom. The summed E-state index contributed by atoms with van der Waals surface area (Å²) in [5.74, 6) is 0.332. The summed E-state index contributed by atoms with van der Waals surface area (Å²) in [4.78, 5) is 16.0. The lowest BCUT2D eigenvalue weighted by Crippen LogP contribution is -2.44. The quantitative estimate of drug-likeness (QED) is 0.341. The molecule has 1 atom stereocenters. The van der Waals surface area contributed by atoms with Crippen LogP contribution in [0.15, 0.2) is 24.3 Å². The average molecular weight is 574 g/mol. The Morgan fingerprint density at radius 3 is 2.59 bits per heavy atom. The Balaban J connectivity index is 1.61. The maximum Gasteiger partial charge on any atom is 0.433 e. The van der Waals surface area contributed by atoms with Crippen molar-refractivity contribution in [2.45, 2.75) is 44.9 Å². The fraction of sp³-hybridized carbons (Fsp3) is 0.481. The van der Waals surface area contributed by atoms with Gasteiger partial charge in [0.1, 0.15) is 11.6 Å². The van der Waals surface area contributed by atoms with Crippen LogP contribution in [0.1, 0.15) is 37.2 Å². The van der Waals surface area contributed by atoms with Gasteiger partial charge < -0.3 is 20.3 Å². The Morgan fingerprint density at radius 1 is 1.10 bits per heavy atom. The van der Waals surface area contributed by atoms with Gasteiger partial charge in [0, 0.05) is 25.7 Å². The molecule has 0 saturated carbocycles. The summed E-state index contributed by atoms with van der Waals surface area (Å²) in [7, 11) is 1.65. The zero-order valence-electron chi connectivity index (χ0n) is 23.0. The second kappa shape index (κ2) is 10.6. The molecular formula is C27H31F4N9O. The van der Waals surface area contributed by atoms with Gasteiger partial charge in [-0.1, -0.05) is 0 Å². The lowest BCUT2D eigenvalue weighted by atomic mass is 10.0. The molecule has 14 heteroatoms. The summed E-state index contributed by atoms with van der Waals surface area (Å²) < 4.78 is 67.0. The summed E-state index contributed by atoms with van der Waals surface area (Å²) in [5, 5.41) is 10.6. The van der Waals surface area contributed by atoms with Gasteiger partial charge in [-0.05, 0) is 51.9 Å². The zero-order valence-corrected chi connectivity index (χ0v) is 23.0. The number of fused-ring (bicyclic) bond motifs is 1. The molecule has 5 heterocycles. The van der Waals surface area contributed by atoms with Crippen LogP contribution < -0.4 is 15.5 Å². The van der Waals surface area contributed by atoms with Crippen LogP contribution in [0.2, 0.25) is 0 Å². The first kappa shape index (κ1) is 27.4. The van der Waals surface area contributed by atoms with E-state index in [1.807, 2.05) is 11.8 Å². The van der Waals surface area contributed by atoms with Crippen LogP contribution in [0, 0.1) is 12.7 Å². The van der Waals surface area contributed by atoms with Crippen molar-refractivity contribution in [2.24, 2.45) is 0 Å². The van der Waals surface area contributed by atoms with Gasteiger partial charge in [0.05, 0.1) is 53.3 Å². The fourth-order valence-electron chi connectivity index (χ4n) is 5.72. The second-order valence-corrected chi connectivity index (χ2v) is 10.4. The third kappa shape index (κ3) is 4.99. The topological polar surface area (TPSA) is 98.0 Å². The number of hydrogen-bond donors (Lipinski definition) is 2. The van der Waals surface area contributed by atoms with Crippen molar-refractivity contribution >= 4 is 22.8 Å². The number of rotatable bonds is 5. The van der Waals surface area contributed by atoms with Crippen molar-refractivity contribution in [1.82, 2.24) is 34.6 Å². The van der Waals surface area contributed by atoms with Gasteiger partial charge in [-0.3, -0.25) is 4.68 Å². The largest absolute Gasteiger partial charge is 0.433 e. The molecule has 0 spiro atoms. The minimum Gasteiger partial charge on any atom is -0.377 e. The maximum atomic E-state index is 14.8. The first-order chi connectivity index (χ1) is 19.7. The highest BCUT2D eigenvalue weighted by atomic mass is 19.4. The minimum absolute atomic E-state index is 0.0655. The van der Waals surface area contributed by atoms with E-state index in [0.29, 0.717) is 68.5 Å². The second-order valence-electron chi connectivity index (χ2n) is 10.4. The van der Waals surface area contributed by atoms with Crippen LogP contribution in [-0.2, 0) is 10.9 Å². The summed E-state index contributed by atoms with van der Waals surface area (Å²) in [6.45, 7) is 6.14. The van der Waals surface area contributed by atoms with Crippen LogP contribution in [0.25, 0.3) is 28.2 Å². The summed E-state index contributed by atoms with van der Waals surface area (Å²) in [6, 6.07) is 5.24. The Labute approximate surface area is 233 Å². The predicted molar refractivity (Wildman–Crippen MR) is 146 cm³/mol. The number of nitrogens with zero attached hydrogens (tertiary/aromatic N) is 7. The molecule has 10 nitrogen and oxygen atoms in total. The molecule has 0 unspecified atom stereocenters. The predicted octanol–water partition coefficient (Wildman–Crippen LogP) is 4.34. The first-order valence-electron chi connectivity index (χ1n) is 13.6. The van der Waals surface area contributed by atoms with Gasteiger partial charge in [0.2, 0.25) is 11.9 Å². The van der Waals surface area contributed by atoms with Crippen LogP contribution in [0.4, 0.5) is 29.3 Å². The van der Waals surface area contributed by atoms with Crippen molar-refractivity contribution in [1.29, 1.82) is 0 Å². The Hall–Kier alpha value is -3.78. The first-order valence-corrected chi connectivity index (χ1v) is 13.6. The molecule has 2 aliphatic rings. The number of aryl methyl sites for hydroxylation is 1. The highest BCUT2D eigenvalue weighted by Gasteiger charge is 2.42. The number of anilines is 2. The van der Waals surface area contributed by atoms with Gasteiger partial charge in [-0.15, -0.1) is 0 Å². The van der Waals surface area contributed by atoms with E-state index in [0.717, 1.165) is 4.68 Å². The number of ether oxygens (including phenoxy) is 1. The summed E-state index contributed by atoms with van der Waals surface area (Å²) in [5.41, 5.74) is 0.236. The molecule has 0 bridgehead atoms. The van der Waals surface area contributed by atoms with Crippen molar-refractivity contribution in [3.63, 3.8) is 0 Å². The average Bonchev–Trinajstić information content (AvgIpc) is 3.51. The highest BCUT2D eigenvalue weighted by molar-refractivity contribution is 5.81. The van der Waals surface area contributed by atoms with Gasteiger partial charge in [0.25, 0.3) is 0 Å². The molecule has 2 N–H and O–H groups in total. The molecule has 0 radical (unpaired) electrons. The number of piperidine rings is 1. The van der Waals surface area contributed by atoms with Crippen LogP contribution in [-0.4, -0.2) is 75.2 Å². The normalized spacial score (nSPS) is 18.8. The third-order valence-corrected chi connectivity index (χ3v) is 7.67. The van der Waals surface area contributed by atoms with Gasteiger partial charge in [0.15, 0.2) is 5.69 Å². The van der Waals surface area contributed by atoms with Crippen molar-refractivity contribution < 1.29 is 22.3 Å². The smallest absolute Gasteiger partial charge is 0.377 e. The van der Waals surface area contributed by atoms with Gasteiger partial charge in [-0.2, -0.15) is 23.3 Å². The van der Waals surface area contributed by atoms with Crippen molar-refractivity contribution in [3.8, 4) is 17.2 Å². The molecule has 0 aliphatic carbocycles. The molecule has 4 aromatic rings. The van der Waals surface area contributed by atoms with Gasteiger partial charge in [-0.25, -0.2) is 18.9 Å². The number of nitrogens with one attached hydrogen (secondary N) is 2. The van der Waals surface area contributed by atoms with E-state index in [9.17, 15) is 17.6 Å². The number of alkyl halides is 3. The molecule has 2 fully saturated rings. The minimum atomic E-state index is -4.68. The molecule has 1 aromatic carbocycles. The Kier molecular flexibility index (Phi) is 7.06. The van der Waals surface area contributed by atoms with Crippen LogP contribution >= 0.6 is 0 Å². The number of hydrogen-bond acceptors (Lipinski definition) is 8.